The number of amides is 2. The van der Waals surface area contributed by atoms with Crippen molar-refractivity contribution in [1.82, 2.24) is 14.8 Å². The maximum atomic E-state index is 12.6. The highest BCUT2D eigenvalue weighted by Crippen LogP contribution is 2.30. The summed E-state index contributed by atoms with van der Waals surface area (Å²) in [6.45, 7) is 3.32. The van der Waals surface area contributed by atoms with E-state index in [1.807, 2.05) is 0 Å². The van der Waals surface area contributed by atoms with Gasteiger partial charge in [-0.1, -0.05) is 0 Å². The largest absolute Gasteiger partial charge is 0.450 e. The van der Waals surface area contributed by atoms with Gasteiger partial charge in [0.2, 0.25) is 5.89 Å². The fraction of sp³-hybridized carbons (Fsp3) is 0.389. The van der Waals surface area contributed by atoms with Crippen molar-refractivity contribution in [3.8, 4) is 11.5 Å². The summed E-state index contributed by atoms with van der Waals surface area (Å²) in [6.07, 6.45) is -3.67. The molecule has 0 N–H and O–H groups in total. The van der Waals surface area contributed by atoms with Crippen LogP contribution in [0.2, 0.25) is 0 Å². The number of oxazole rings is 1. The van der Waals surface area contributed by atoms with Crippen LogP contribution in [0.15, 0.2) is 34.9 Å². The number of nitrogens with zero attached hydrogens (tertiary/aromatic N) is 3. The maximum Gasteiger partial charge on any atom is 0.416 e. The van der Waals surface area contributed by atoms with Gasteiger partial charge in [0.1, 0.15) is 6.26 Å². The minimum Gasteiger partial charge on any atom is -0.450 e. The lowest BCUT2D eigenvalue weighted by atomic mass is 10.1. The Kier molecular flexibility index (Phi) is 5.57. The third-order valence-corrected chi connectivity index (χ3v) is 4.28. The summed E-state index contributed by atoms with van der Waals surface area (Å²) in [5.41, 5.74) is -0.391. The Balaban J connectivity index is 1.64. The highest BCUT2D eigenvalue weighted by atomic mass is 19.4. The van der Waals surface area contributed by atoms with Crippen LogP contribution in [0.3, 0.4) is 0 Å². The fourth-order valence-corrected chi connectivity index (χ4v) is 2.78. The smallest absolute Gasteiger partial charge is 0.416 e. The zero-order valence-electron chi connectivity index (χ0n) is 15.0. The van der Waals surface area contributed by atoms with Gasteiger partial charge in [-0.05, 0) is 31.2 Å². The first kappa shape index (κ1) is 19.7. The van der Waals surface area contributed by atoms with Crippen LogP contribution in [0.5, 0.6) is 0 Å². The SMILES string of the molecule is CCOC(=O)N1CCN(C(=O)c2coc(-c3ccc(C(F)(F)F)cc3)n2)CC1. The first-order valence-corrected chi connectivity index (χ1v) is 8.63. The normalized spacial score (nSPS) is 14.9. The highest BCUT2D eigenvalue weighted by Gasteiger charge is 2.30. The summed E-state index contributed by atoms with van der Waals surface area (Å²) in [6, 6.07) is 4.33. The molecule has 10 heteroatoms. The number of carbonyl (C=O) groups is 2. The molecule has 3 rings (SSSR count). The second kappa shape index (κ2) is 7.91. The van der Waals surface area contributed by atoms with Gasteiger partial charge in [0.15, 0.2) is 5.69 Å². The quantitative estimate of drug-likeness (QED) is 0.795. The average Bonchev–Trinajstić information content (AvgIpc) is 3.17. The first-order valence-electron chi connectivity index (χ1n) is 8.63. The van der Waals surface area contributed by atoms with Crippen molar-refractivity contribution in [2.75, 3.05) is 32.8 Å². The van der Waals surface area contributed by atoms with E-state index in [0.29, 0.717) is 31.7 Å². The summed E-state index contributed by atoms with van der Waals surface area (Å²) in [7, 11) is 0. The Hall–Kier alpha value is -3.04. The molecule has 0 bridgehead atoms. The van der Waals surface area contributed by atoms with E-state index in [1.54, 1.807) is 6.92 Å². The summed E-state index contributed by atoms with van der Waals surface area (Å²) in [4.78, 5) is 31.4. The standard InChI is InChI=1S/C18H18F3N3O4/c1-2-27-17(26)24-9-7-23(8-10-24)16(25)14-11-28-15(22-14)12-3-5-13(6-4-12)18(19,20)21/h3-6,11H,2,7-10H2,1H3. The third kappa shape index (κ3) is 4.26. The number of hydrogen-bond acceptors (Lipinski definition) is 5. The Morgan fingerprint density at radius 2 is 1.71 bits per heavy atom. The molecule has 1 aromatic heterocycles. The van der Waals surface area contributed by atoms with Gasteiger partial charge in [-0.2, -0.15) is 13.2 Å². The fourth-order valence-electron chi connectivity index (χ4n) is 2.78. The van der Waals surface area contributed by atoms with Crippen molar-refractivity contribution in [3.05, 3.63) is 41.8 Å². The molecule has 0 radical (unpaired) electrons. The van der Waals surface area contributed by atoms with Crippen LogP contribution in [0.4, 0.5) is 18.0 Å². The molecule has 2 heterocycles. The maximum absolute atomic E-state index is 12.6. The molecule has 0 spiro atoms. The first-order chi connectivity index (χ1) is 13.3. The number of benzene rings is 1. The van der Waals surface area contributed by atoms with E-state index in [4.69, 9.17) is 9.15 Å². The molecule has 1 aliphatic heterocycles. The molecule has 0 atom stereocenters. The van der Waals surface area contributed by atoms with Gasteiger partial charge in [0, 0.05) is 31.7 Å². The van der Waals surface area contributed by atoms with E-state index in [-0.39, 0.29) is 24.1 Å². The van der Waals surface area contributed by atoms with Gasteiger partial charge < -0.3 is 19.0 Å². The number of carbonyl (C=O) groups excluding carboxylic acids is 2. The molecule has 150 valence electrons. The Morgan fingerprint density at radius 3 is 2.29 bits per heavy atom. The molecule has 1 aliphatic rings. The van der Waals surface area contributed by atoms with Crippen molar-refractivity contribution in [2.24, 2.45) is 0 Å². The van der Waals surface area contributed by atoms with Crippen LogP contribution >= 0.6 is 0 Å². The summed E-state index contributed by atoms with van der Waals surface area (Å²) < 4.78 is 48.1. The van der Waals surface area contributed by atoms with Crippen LogP contribution in [-0.4, -0.2) is 59.6 Å². The Bertz CT molecular complexity index is 841. The van der Waals surface area contributed by atoms with E-state index in [1.165, 1.54) is 28.2 Å². The van der Waals surface area contributed by atoms with Gasteiger partial charge in [-0.15, -0.1) is 0 Å². The minimum atomic E-state index is -4.43. The summed E-state index contributed by atoms with van der Waals surface area (Å²) in [5, 5.41) is 0. The predicted octanol–water partition coefficient (Wildman–Crippen LogP) is 3.27. The van der Waals surface area contributed by atoms with Gasteiger partial charge in [-0.25, -0.2) is 9.78 Å². The number of piperazine rings is 1. The molecule has 1 aromatic carbocycles. The predicted molar refractivity (Wildman–Crippen MR) is 91.4 cm³/mol. The number of rotatable bonds is 3. The second-order valence-electron chi connectivity index (χ2n) is 6.09. The number of hydrogen-bond donors (Lipinski definition) is 0. The van der Waals surface area contributed by atoms with Gasteiger partial charge in [0.25, 0.3) is 5.91 Å². The van der Waals surface area contributed by atoms with E-state index in [2.05, 4.69) is 4.98 Å². The van der Waals surface area contributed by atoms with Crippen LogP contribution in [0.1, 0.15) is 23.0 Å². The van der Waals surface area contributed by atoms with Crippen LogP contribution in [0.25, 0.3) is 11.5 Å². The number of ether oxygens (including phenoxy) is 1. The highest BCUT2D eigenvalue weighted by molar-refractivity contribution is 5.92. The molecule has 2 aromatic rings. The minimum absolute atomic E-state index is 0.0551. The lowest BCUT2D eigenvalue weighted by Gasteiger charge is -2.33. The van der Waals surface area contributed by atoms with E-state index >= 15 is 0 Å². The van der Waals surface area contributed by atoms with Crippen molar-refractivity contribution >= 4 is 12.0 Å². The lowest BCUT2D eigenvalue weighted by Crippen LogP contribution is -2.50. The lowest BCUT2D eigenvalue weighted by molar-refractivity contribution is -0.137. The molecule has 2 amide bonds. The zero-order chi connectivity index (χ0) is 20.3. The second-order valence-corrected chi connectivity index (χ2v) is 6.09. The van der Waals surface area contributed by atoms with E-state index < -0.39 is 17.8 Å². The van der Waals surface area contributed by atoms with E-state index in [9.17, 15) is 22.8 Å². The molecule has 7 nitrogen and oxygen atoms in total. The molecule has 0 saturated carbocycles. The summed E-state index contributed by atoms with van der Waals surface area (Å²) >= 11 is 0. The van der Waals surface area contributed by atoms with Crippen molar-refractivity contribution in [3.63, 3.8) is 0 Å². The van der Waals surface area contributed by atoms with Crippen LogP contribution in [-0.2, 0) is 10.9 Å². The Labute approximate surface area is 158 Å². The molecule has 1 saturated heterocycles. The van der Waals surface area contributed by atoms with Gasteiger partial charge in [-0.3, -0.25) is 4.79 Å². The topological polar surface area (TPSA) is 75.9 Å². The van der Waals surface area contributed by atoms with E-state index in [0.717, 1.165) is 12.1 Å². The molecule has 1 fully saturated rings. The molecule has 0 unspecified atom stereocenters. The molecular formula is C18H18F3N3O4. The van der Waals surface area contributed by atoms with Crippen LogP contribution in [0, 0.1) is 0 Å². The van der Waals surface area contributed by atoms with Crippen molar-refractivity contribution in [2.45, 2.75) is 13.1 Å². The molecule has 28 heavy (non-hydrogen) atoms. The monoisotopic (exact) mass is 397 g/mol. The Morgan fingerprint density at radius 1 is 1.11 bits per heavy atom. The number of alkyl halides is 3. The van der Waals surface area contributed by atoms with Gasteiger partial charge in [0.05, 0.1) is 12.2 Å². The number of halogens is 3. The zero-order valence-corrected chi connectivity index (χ0v) is 15.0. The third-order valence-electron chi connectivity index (χ3n) is 4.28. The van der Waals surface area contributed by atoms with Crippen molar-refractivity contribution in [1.29, 1.82) is 0 Å². The molecular weight excluding hydrogens is 379 g/mol. The van der Waals surface area contributed by atoms with Gasteiger partial charge >= 0.3 is 12.3 Å². The van der Waals surface area contributed by atoms with Crippen molar-refractivity contribution < 1.29 is 31.9 Å². The number of aromatic nitrogens is 1. The van der Waals surface area contributed by atoms with Crippen LogP contribution < -0.4 is 0 Å². The summed E-state index contributed by atoms with van der Waals surface area (Å²) in [5.74, 6) is -0.312. The molecule has 0 aliphatic carbocycles. The average molecular weight is 397 g/mol.